The minimum Gasteiger partial charge on any atom is -0.497 e. The van der Waals surface area contributed by atoms with E-state index >= 15 is 0 Å². The van der Waals surface area contributed by atoms with Crippen LogP contribution in [0.15, 0.2) is 48.8 Å². The van der Waals surface area contributed by atoms with Crippen LogP contribution in [0.5, 0.6) is 5.75 Å². The zero-order chi connectivity index (χ0) is 15.2. The summed E-state index contributed by atoms with van der Waals surface area (Å²) in [6.07, 6.45) is 3.63. The molecule has 112 valence electrons. The molecule has 2 rings (SSSR count). The van der Waals surface area contributed by atoms with Crippen molar-refractivity contribution in [1.29, 1.82) is 0 Å². The van der Waals surface area contributed by atoms with Crippen LogP contribution in [0.2, 0.25) is 0 Å². The monoisotopic (exact) mass is 285 g/mol. The Hall–Kier alpha value is -1.91. The summed E-state index contributed by atoms with van der Waals surface area (Å²) in [4.78, 5) is 6.32. The second-order valence-corrected chi connectivity index (χ2v) is 5.35. The minimum atomic E-state index is 0.0326. The Labute approximate surface area is 126 Å². The number of likely N-dealkylation sites (N-methyl/N-ethyl adjacent to an activating group) is 1. The van der Waals surface area contributed by atoms with Crippen molar-refractivity contribution in [2.24, 2.45) is 5.73 Å². The lowest BCUT2D eigenvalue weighted by atomic mass is 9.99. The number of aromatic nitrogens is 1. The van der Waals surface area contributed by atoms with E-state index in [1.54, 1.807) is 7.11 Å². The standard InChI is InChI=1S/C17H23N3O/c1-13(18)17(15-4-6-16(21-3)7-5-15)20(2)12-14-8-10-19-11-9-14/h4-11,13,17H,12,18H2,1-3H3. The first-order valence-electron chi connectivity index (χ1n) is 7.10. The van der Waals surface area contributed by atoms with Gasteiger partial charge in [0.25, 0.3) is 0 Å². The van der Waals surface area contributed by atoms with Crippen LogP contribution in [0.25, 0.3) is 0 Å². The van der Waals surface area contributed by atoms with Crippen LogP contribution in [-0.2, 0) is 6.54 Å². The molecule has 1 heterocycles. The van der Waals surface area contributed by atoms with Crippen molar-refractivity contribution in [2.75, 3.05) is 14.2 Å². The molecule has 4 heteroatoms. The second kappa shape index (κ2) is 7.20. The average Bonchev–Trinajstić information content (AvgIpc) is 2.49. The Bertz CT molecular complexity index is 540. The largest absolute Gasteiger partial charge is 0.497 e. The van der Waals surface area contributed by atoms with Crippen LogP contribution in [0.1, 0.15) is 24.1 Å². The number of methoxy groups -OCH3 is 1. The molecule has 0 radical (unpaired) electrons. The molecule has 0 saturated heterocycles. The van der Waals surface area contributed by atoms with Gasteiger partial charge in [0.2, 0.25) is 0 Å². The fourth-order valence-electron chi connectivity index (χ4n) is 2.64. The van der Waals surface area contributed by atoms with Gasteiger partial charge in [0.05, 0.1) is 7.11 Å². The van der Waals surface area contributed by atoms with Gasteiger partial charge in [-0.2, -0.15) is 0 Å². The first kappa shape index (κ1) is 15.5. The van der Waals surface area contributed by atoms with Crippen molar-refractivity contribution in [3.63, 3.8) is 0 Å². The van der Waals surface area contributed by atoms with Crippen LogP contribution < -0.4 is 10.5 Å². The van der Waals surface area contributed by atoms with Crippen LogP contribution in [0.3, 0.4) is 0 Å². The Kier molecular flexibility index (Phi) is 5.31. The van der Waals surface area contributed by atoms with Gasteiger partial charge in [0, 0.05) is 31.0 Å². The third kappa shape index (κ3) is 4.03. The van der Waals surface area contributed by atoms with Crippen molar-refractivity contribution in [1.82, 2.24) is 9.88 Å². The lowest BCUT2D eigenvalue weighted by Crippen LogP contribution is -2.36. The van der Waals surface area contributed by atoms with Gasteiger partial charge in [-0.05, 0) is 49.4 Å². The van der Waals surface area contributed by atoms with Crippen molar-refractivity contribution in [3.05, 3.63) is 59.9 Å². The average molecular weight is 285 g/mol. The quantitative estimate of drug-likeness (QED) is 0.886. The van der Waals surface area contributed by atoms with E-state index < -0.39 is 0 Å². The number of rotatable bonds is 6. The van der Waals surface area contributed by atoms with Gasteiger partial charge < -0.3 is 10.5 Å². The number of nitrogens with zero attached hydrogens (tertiary/aromatic N) is 2. The molecule has 0 aliphatic rings. The van der Waals surface area contributed by atoms with Crippen molar-refractivity contribution >= 4 is 0 Å². The molecule has 2 atom stereocenters. The number of hydrogen-bond donors (Lipinski definition) is 1. The molecule has 21 heavy (non-hydrogen) atoms. The van der Waals surface area contributed by atoms with Gasteiger partial charge in [0.1, 0.15) is 5.75 Å². The summed E-state index contributed by atoms with van der Waals surface area (Å²) in [5, 5.41) is 0. The summed E-state index contributed by atoms with van der Waals surface area (Å²) < 4.78 is 5.21. The number of nitrogens with two attached hydrogens (primary N) is 1. The van der Waals surface area contributed by atoms with Crippen LogP contribution in [-0.4, -0.2) is 30.1 Å². The van der Waals surface area contributed by atoms with Crippen molar-refractivity contribution < 1.29 is 4.74 Å². The van der Waals surface area contributed by atoms with Crippen molar-refractivity contribution in [3.8, 4) is 5.75 Å². The zero-order valence-corrected chi connectivity index (χ0v) is 12.9. The SMILES string of the molecule is COc1ccc(C(C(C)N)N(C)Cc2ccncc2)cc1. The molecule has 0 saturated carbocycles. The van der Waals surface area contributed by atoms with E-state index in [1.165, 1.54) is 11.1 Å². The predicted octanol–water partition coefficient (Wildman–Crippen LogP) is 2.61. The molecular weight excluding hydrogens is 262 g/mol. The third-order valence-electron chi connectivity index (χ3n) is 3.61. The maximum Gasteiger partial charge on any atom is 0.118 e. The summed E-state index contributed by atoms with van der Waals surface area (Å²) >= 11 is 0. The molecule has 2 unspecified atom stereocenters. The Balaban J connectivity index is 2.17. The molecule has 0 fully saturated rings. The highest BCUT2D eigenvalue weighted by Crippen LogP contribution is 2.25. The van der Waals surface area contributed by atoms with Crippen LogP contribution in [0.4, 0.5) is 0 Å². The molecule has 0 bridgehead atoms. The van der Waals surface area contributed by atoms with Gasteiger partial charge in [-0.3, -0.25) is 9.88 Å². The van der Waals surface area contributed by atoms with Crippen LogP contribution >= 0.6 is 0 Å². The fourth-order valence-corrected chi connectivity index (χ4v) is 2.64. The molecule has 0 spiro atoms. The molecule has 2 aromatic rings. The highest BCUT2D eigenvalue weighted by Gasteiger charge is 2.21. The molecule has 2 N–H and O–H groups in total. The highest BCUT2D eigenvalue weighted by atomic mass is 16.5. The van der Waals surface area contributed by atoms with Gasteiger partial charge in [0.15, 0.2) is 0 Å². The van der Waals surface area contributed by atoms with Gasteiger partial charge in [-0.1, -0.05) is 12.1 Å². The highest BCUT2D eigenvalue weighted by molar-refractivity contribution is 5.30. The number of benzene rings is 1. The number of ether oxygens (including phenoxy) is 1. The first-order valence-corrected chi connectivity index (χ1v) is 7.10. The van der Waals surface area contributed by atoms with Gasteiger partial charge >= 0.3 is 0 Å². The molecule has 1 aromatic carbocycles. The summed E-state index contributed by atoms with van der Waals surface area (Å²) in [7, 11) is 3.77. The maximum absolute atomic E-state index is 6.21. The van der Waals surface area contributed by atoms with E-state index in [2.05, 4.69) is 29.1 Å². The zero-order valence-electron chi connectivity index (χ0n) is 12.9. The van der Waals surface area contributed by atoms with E-state index in [-0.39, 0.29) is 12.1 Å². The lowest BCUT2D eigenvalue weighted by Gasteiger charge is -2.31. The van der Waals surface area contributed by atoms with Crippen molar-refractivity contribution in [2.45, 2.75) is 25.6 Å². The molecule has 0 aliphatic carbocycles. The molecule has 0 amide bonds. The molecule has 0 aliphatic heterocycles. The molecular formula is C17H23N3O. The fraction of sp³-hybridized carbons (Fsp3) is 0.353. The van der Waals surface area contributed by atoms with Gasteiger partial charge in [-0.15, -0.1) is 0 Å². The topological polar surface area (TPSA) is 51.4 Å². The third-order valence-corrected chi connectivity index (χ3v) is 3.61. The lowest BCUT2D eigenvalue weighted by molar-refractivity contribution is 0.211. The molecule has 4 nitrogen and oxygen atoms in total. The number of hydrogen-bond acceptors (Lipinski definition) is 4. The summed E-state index contributed by atoms with van der Waals surface area (Å²) in [6.45, 7) is 2.87. The van der Waals surface area contributed by atoms with E-state index in [9.17, 15) is 0 Å². The maximum atomic E-state index is 6.21. The summed E-state index contributed by atoms with van der Waals surface area (Å²) in [5.74, 6) is 0.860. The Morgan fingerprint density at radius 3 is 2.29 bits per heavy atom. The normalized spacial score (nSPS) is 14.0. The summed E-state index contributed by atoms with van der Waals surface area (Å²) in [6, 6.07) is 12.4. The van der Waals surface area contributed by atoms with Gasteiger partial charge in [-0.25, -0.2) is 0 Å². The van der Waals surface area contributed by atoms with E-state index in [0.717, 1.165) is 12.3 Å². The second-order valence-electron chi connectivity index (χ2n) is 5.35. The predicted molar refractivity (Wildman–Crippen MR) is 85.1 cm³/mol. The Morgan fingerprint density at radius 1 is 1.14 bits per heavy atom. The number of pyridine rings is 1. The molecule has 1 aromatic heterocycles. The van der Waals surface area contributed by atoms with E-state index in [0.29, 0.717) is 0 Å². The summed E-state index contributed by atoms with van der Waals surface area (Å²) in [5.41, 5.74) is 8.63. The van der Waals surface area contributed by atoms with E-state index in [4.69, 9.17) is 10.5 Å². The van der Waals surface area contributed by atoms with E-state index in [1.807, 2.05) is 43.6 Å². The Morgan fingerprint density at radius 2 is 1.76 bits per heavy atom. The first-order chi connectivity index (χ1) is 10.1. The minimum absolute atomic E-state index is 0.0326. The van der Waals surface area contributed by atoms with Crippen LogP contribution in [0, 0.1) is 0 Å². The smallest absolute Gasteiger partial charge is 0.118 e.